The molecule has 2 aromatic rings. The number of hydrogen-bond acceptors (Lipinski definition) is 4. The summed E-state index contributed by atoms with van der Waals surface area (Å²) < 4.78 is 0. The fraction of sp³-hybridized carbons (Fsp3) is 0.100. The monoisotopic (exact) mass is 320 g/mol. The number of carbonyl (C=O) groups excluding carboxylic acids is 2. The number of phenols is 2. The van der Waals surface area contributed by atoms with Gasteiger partial charge in [-0.2, -0.15) is 0 Å². The molecule has 1 aliphatic rings. The molecule has 4 heteroatoms. The molecule has 0 aliphatic heterocycles. The van der Waals surface area contributed by atoms with E-state index in [0.29, 0.717) is 17.5 Å². The van der Waals surface area contributed by atoms with Crippen LogP contribution in [-0.4, -0.2) is 21.8 Å². The van der Waals surface area contributed by atoms with Crippen molar-refractivity contribution in [3.8, 4) is 11.5 Å². The van der Waals surface area contributed by atoms with Crippen molar-refractivity contribution in [1.29, 1.82) is 0 Å². The minimum Gasteiger partial charge on any atom is -0.507 e. The molecule has 0 amide bonds. The van der Waals surface area contributed by atoms with Gasteiger partial charge in [0.1, 0.15) is 11.5 Å². The summed E-state index contributed by atoms with van der Waals surface area (Å²) in [5.41, 5.74) is 1.18. The summed E-state index contributed by atoms with van der Waals surface area (Å²) in [6, 6.07) is 6.19. The van der Waals surface area contributed by atoms with Crippen LogP contribution in [0.3, 0.4) is 0 Å². The number of allylic oxidation sites excluding steroid dienone is 2. The molecule has 0 aromatic heterocycles. The highest BCUT2D eigenvalue weighted by molar-refractivity contribution is 6.30. The summed E-state index contributed by atoms with van der Waals surface area (Å²) in [6.07, 6.45) is 5.39. The summed E-state index contributed by atoms with van der Waals surface area (Å²) in [5, 5.41) is 20.8. The van der Waals surface area contributed by atoms with E-state index in [-0.39, 0.29) is 33.8 Å². The Hall–Kier alpha value is -3.14. The van der Waals surface area contributed by atoms with Gasteiger partial charge in [-0.25, -0.2) is 0 Å². The molecule has 0 saturated carbocycles. The van der Waals surface area contributed by atoms with E-state index in [9.17, 15) is 19.8 Å². The van der Waals surface area contributed by atoms with Gasteiger partial charge in [-0.1, -0.05) is 30.4 Å². The lowest BCUT2D eigenvalue weighted by Gasteiger charge is -2.21. The van der Waals surface area contributed by atoms with Crippen LogP contribution in [0.1, 0.15) is 49.9 Å². The third-order valence-corrected chi connectivity index (χ3v) is 4.12. The van der Waals surface area contributed by atoms with Crippen LogP contribution in [0.15, 0.2) is 43.0 Å². The highest BCUT2D eigenvalue weighted by atomic mass is 16.3. The van der Waals surface area contributed by atoms with Crippen molar-refractivity contribution in [2.45, 2.75) is 13.3 Å². The first-order chi connectivity index (χ1) is 11.5. The lowest BCUT2D eigenvalue weighted by Crippen LogP contribution is -2.22. The largest absolute Gasteiger partial charge is 0.507 e. The minimum atomic E-state index is -0.469. The Morgan fingerprint density at radius 2 is 1.54 bits per heavy atom. The van der Waals surface area contributed by atoms with Gasteiger partial charge >= 0.3 is 0 Å². The van der Waals surface area contributed by atoms with Crippen molar-refractivity contribution in [2.75, 3.05) is 0 Å². The Labute approximate surface area is 139 Å². The second kappa shape index (κ2) is 5.81. The second-order valence-electron chi connectivity index (χ2n) is 5.57. The lowest BCUT2D eigenvalue weighted by atomic mass is 9.81. The highest BCUT2D eigenvalue weighted by Gasteiger charge is 2.35. The van der Waals surface area contributed by atoms with Gasteiger partial charge < -0.3 is 10.2 Å². The molecule has 0 saturated heterocycles. The number of aromatic hydroxyl groups is 2. The molecule has 120 valence electrons. The first-order valence-corrected chi connectivity index (χ1v) is 7.55. The maximum Gasteiger partial charge on any atom is 0.198 e. The van der Waals surface area contributed by atoms with E-state index in [1.165, 1.54) is 12.1 Å². The molecular formula is C20H16O4. The van der Waals surface area contributed by atoms with Gasteiger partial charge in [0.05, 0.1) is 11.1 Å². The van der Waals surface area contributed by atoms with E-state index >= 15 is 0 Å². The Morgan fingerprint density at radius 3 is 2.12 bits per heavy atom. The Kier molecular flexibility index (Phi) is 3.81. The topological polar surface area (TPSA) is 74.6 Å². The van der Waals surface area contributed by atoms with Gasteiger partial charge in [-0.3, -0.25) is 9.59 Å². The molecular weight excluding hydrogens is 304 g/mol. The number of carbonyl (C=O) groups is 2. The number of ketones is 2. The van der Waals surface area contributed by atoms with Crippen LogP contribution in [0.5, 0.6) is 11.5 Å². The van der Waals surface area contributed by atoms with Gasteiger partial charge in [0.15, 0.2) is 11.6 Å². The van der Waals surface area contributed by atoms with Crippen LogP contribution in [0.25, 0.3) is 6.08 Å². The molecule has 0 fully saturated rings. The van der Waals surface area contributed by atoms with Gasteiger partial charge in [-0.15, -0.1) is 6.58 Å². The molecule has 2 aromatic carbocycles. The number of fused-ring (bicyclic) bond motifs is 2. The van der Waals surface area contributed by atoms with Crippen molar-refractivity contribution >= 4 is 17.6 Å². The third kappa shape index (κ3) is 2.15. The quantitative estimate of drug-likeness (QED) is 0.723. The Balaban J connectivity index is 2.27. The average molecular weight is 320 g/mol. The van der Waals surface area contributed by atoms with Crippen LogP contribution >= 0.6 is 0 Å². The summed E-state index contributed by atoms with van der Waals surface area (Å²) in [5.74, 6) is -1.35. The van der Waals surface area contributed by atoms with E-state index in [1.807, 2.05) is 0 Å². The van der Waals surface area contributed by atoms with Gasteiger partial charge in [0.2, 0.25) is 0 Å². The SMILES string of the molecule is C=CCc1ccc2c(c1O)C(=O)c1ccc(/C=C/C)c(O)c1C2=O. The molecule has 0 bridgehead atoms. The summed E-state index contributed by atoms with van der Waals surface area (Å²) in [4.78, 5) is 25.6. The average Bonchev–Trinajstić information content (AvgIpc) is 2.56. The highest BCUT2D eigenvalue weighted by Crippen LogP contribution is 2.39. The summed E-state index contributed by atoms with van der Waals surface area (Å²) in [6.45, 7) is 5.41. The van der Waals surface area contributed by atoms with E-state index in [4.69, 9.17) is 0 Å². The molecule has 0 unspecified atom stereocenters. The molecule has 0 spiro atoms. The summed E-state index contributed by atoms with van der Waals surface area (Å²) in [7, 11) is 0. The molecule has 24 heavy (non-hydrogen) atoms. The predicted molar refractivity (Wildman–Crippen MR) is 91.7 cm³/mol. The van der Waals surface area contributed by atoms with Crippen molar-refractivity contribution in [3.63, 3.8) is 0 Å². The number of hydrogen-bond donors (Lipinski definition) is 2. The van der Waals surface area contributed by atoms with Crippen LogP contribution in [-0.2, 0) is 6.42 Å². The van der Waals surface area contributed by atoms with E-state index < -0.39 is 11.6 Å². The maximum atomic E-state index is 12.8. The van der Waals surface area contributed by atoms with Crippen molar-refractivity contribution in [2.24, 2.45) is 0 Å². The van der Waals surface area contributed by atoms with Crippen LogP contribution in [0, 0.1) is 0 Å². The number of phenolic OH excluding ortho intramolecular Hbond substituents is 2. The Bertz CT molecular complexity index is 920. The zero-order valence-corrected chi connectivity index (χ0v) is 13.2. The normalized spacial score (nSPS) is 13.0. The van der Waals surface area contributed by atoms with Crippen LogP contribution in [0.2, 0.25) is 0 Å². The molecule has 4 nitrogen and oxygen atoms in total. The standard InChI is InChI=1S/C20H16O4/c1-3-5-11-7-9-13-15(17(11)21)19(23)14-10-8-12(6-4-2)18(22)16(14)20(13)24/h3-4,6-10,21-22H,1,5H2,2H3/b6-4+. The van der Waals surface area contributed by atoms with Crippen molar-refractivity contribution in [3.05, 3.63) is 76.4 Å². The van der Waals surface area contributed by atoms with Crippen molar-refractivity contribution in [1.82, 2.24) is 0 Å². The number of benzene rings is 2. The van der Waals surface area contributed by atoms with Crippen molar-refractivity contribution < 1.29 is 19.8 Å². The molecule has 3 rings (SSSR count). The maximum absolute atomic E-state index is 12.8. The third-order valence-electron chi connectivity index (χ3n) is 4.12. The molecule has 0 heterocycles. The molecule has 0 atom stereocenters. The van der Waals surface area contributed by atoms with Crippen LogP contribution < -0.4 is 0 Å². The lowest BCUT2D eigenvalue weighted by molar-refractivity contribution is 0.0974. The van der Waals surface area contributed by atoms with Gasteiger partial charge in [0, 0.05) is 16.7 Å². The minimum absolute atomic E-state index is 0.00923. The molecule has 1 aliphatic carbocycles. The second-order valence-corrected chi connectivity index (χ2v) is 5.57. The van der Waals surface area contributed by atoms with E-state index in [1.54, 1.807) is 37.3 Å². The fourth-order valence-corrected chi connectivity index (χ4v) is 2.98. The fourth-order valence-electron chi connectivity index (χ4n) is 2.98. The molecule has 2 N–H and O–H groups in total. The first-order valence-electron chi connectivity index (χ1n) is 7.55. The van der Waals surface area contributed by atoms with E-state index in [2.05, 4.69) is 6.58 Å². The van der Waals surface area contributed by atoms with E-state index in [0.717, 1.165) is 0 Å². The molecule has 0 radical (unpaired) electrons. The van der Waals surface area contributed by atoms with Crippen LogP contribution in [0.4, 0.5) is 0 Å². The predicted octanol–water partition coefficient (Wildman–Crippen LogP) is 3.63. The zero-order chi connectivity index (χ0) is 17.4. The smallest absolute Gasteiger partial charge is 0.198 e. The number of rotatable bonds is 3. The first kappa shape index (κ1) is 15.7. The summed E-state index contributed by atoms with van der Waals surface area (Å²) >= 11 is 0. The zero-order valence-electron chi connectivity index (χ0n) is 13.2. The van der Waals surface area contributed by atoms with Gasteiger partial charge in [0.25, 0.3) is 0 Å². The Morgan fingerprint density at radius 1 is 0.958 bits per heavy atom. The van der Waals surface area contributed by atoms with Gasteiger partial charge in [-0.05, 0) is 31.0 Å².